The SMILES string of the molecule is COC(=O)C1C(O)CC2(O)CC(O)CC(O)CC(O)CC(O)CC(=O)CC(O)CC(=O)OC(C(C)CCC(O)CC(=O)c3ccc(N)cc3)C(C)/C=C/C=C/C=C/C=C/C=C/C=C/C=C/C(O)CC1O2. The van der Waals surface area contributed by atoms with Gasteiger partial charge in [-0.3, -0.25) is 19.2 Å². The van der Waals surface area contributed by atoms with Crippen LogP contribution in [-0.2, 0) is 28.6 Å². The van der Waals surface area contributed by atoms with E-state index in [0.29, 0.717) is 17.7 Å². The van der Waals surface area contributed by atoms with Crippen LogP contribution in [-0.4, -0.2) is 143 Å². The number of nitrogens with two attached hydrogens (primary N) is 1. The molecule has 388 valence electrons. The zero-order valence-electron chi connectivity index (χ0n) is 40.3. The summed E-state index contributed by atoms with van der Waals surface area (Å²) in [7, 11) is 1.12. The maximum Gasteiger partial charge on any atom is 0.313 e. The molecule has 0 spiro atoms. The van der Waals surface area contributed by atoms with Gasteiger partial charge in [-0.1, -0.05) is 98.9 Å². The molecule has 1 fully saturated rings. The molecule has 0 radical (unpaired) electrons. The van der Waals surface area contributed by atoms with Crippen LogP contribution in [0.4, 0.5) is 5.69 Å². The predicted octanol–water partition coefficient (Wildman–Crippen LogP) is 3.56. The first-order valence-corrected chi connectivity index (χ1v) is 23.9. The normalized spacial score (nSPS) is 35.1. The monoisotopic (exact) mass is 982 g/mol. The van der Waals surface area contributed by atoms with Crippen LogP contribution in [0.25, 0.3) is 0 Å². The molecule has 2 heterocycles. The Morgan fingerprint density at radius 2 is 1.24 bits per heavy atom. The second-order valence-electron chi connectivity index (χ2n) is 18.5. The van der Waals surface area contributed by atoms with E-state index in [9.17, 15) is 65.1 Å². The van der Waals surface area contributed by atoms with E-state index in [1.165, 1.54) is 6.08 Å². The molecule has 0 amide bonds. The van der Waals surface area contributed by atoms with Gasteiger partial charge < -0.3 is 65.9 Å². The standard InChI is InChI=1S/C53H75NO16/c1-34-16-14-12-10-8-6-4-5-7-9-11-13-15-17-38(55)30-48-50(52(66)68-3)47(64)33-53(67,70-48)32-45(62)28-43(60)26-41(58)24-40(57)25-42(59)27-44(61)31-49(65)69-51(34)35(2)18-23-39(56)29-46(63)36-19-21-37(54)22-20-36/h4-17,19-22,34-35,38-41,43-45,47-48,50-51,55-58,60-62,64,67H,18,23-33,54H2,1-3H3/b5-4+,8-6+,9-7+,12-10+,13-11+,16-14+,17-15+. The number of methoxy groups -OCH3 is 1. The second-order valence-corrected chi connectivity index (χ2v) is 18.5. The van der Waals surface area contributed by atoms with Crippen molar-refractivity contribution >= 4 is 29.2 Å². The van der Waals surface area contributed by atoms with Crippen LogP contribution >= 0.6 is 0 Å². The Kier molecular flexibility index (Phi) is 26.1. The third-order valence-electron chi connectivity index (χ3n) is 12.1. The molecule has 1 aromatic rings. The van der Waals surface area contributed by atoms with Gasteiger partial charge in [0, 0.05) is 55.7 Å². The van der Waals surface area contributed by atoms with Crippen LogP contribution in [0.2, 0.25) is 0 Å². The van der Waals surface area contributed by atoms with Crippen molar-refractivity contribution in [2.24, 2.45) is 17.8 Å². The van der Waals surface area contributed by atoms with Gasteiger partial charge in [-0.25, -0.2) is 0 Å². The number of ketones is 2. The Morgan fingerprint density at radius 1 is 0.714 bits per heavy atom. The average Bonchev–Trinajstić information content (AvgIpc) is 3.26. The minimum atomic E-state index is -2.18. The van der Waals surface area contributed by atoms with E-state index in [1.54, 1.807) is 97.2 Å². The van der Waals surface area contributed by atoms with E-state index < -0.39 is 123 Å². The summed E-state index contributed by atoms with van der Waals surface area (Å²) in [5, 5.41) is 97.3. The van der Waals surface area contributed by atoms with Crippen LogP contribution in [0.1, 0.15) is 101 Å². The summed E-state index contributed by atoms with van der Waals surface area (Å²) in [4.78, 5) is 51.5. The number of aliphatic hydroxyl groups excluding tert-OH is 8. The summed E-state index contributed by atoms with van der Waals surface area (Å²) in [5.41, 5.74) is 6.66. The van der Waals surface area contributed by atoms with Crippen molar-refractivity contribution in [3.63, 3.8) is 0 Å². The van der Waals surface area contributed by atoms with E-state index in [4.69, 9.17) is 19.9 Å². The first-order valence-electron chi connectivity index (χ1n) is 23.9. The smallest absolute Gasteiger partial charge is 0.313 e. The fraction of sp³-hybridized carbons (Fsp3) is 0.547. The van der Waals surface area contributed by atoms with Gasteiger partial charge in [0.2, 0.25) is 0 Å². The molecule has 1 saturated heterocycles. The number of aliphatic hydroxyl groups is 9. The molecule has 17 heteroatoms. The molecule has 3 rings (SSSR count). The Bertz CT molecular complexity index is 1990. The minimum absolute atomic E-state index is 0.112. The van der Waals surface area contributed by atoms with E-state index in [2.05, 4.69) is 0 Å². The molecule has 70 heavy (non-hydrogen) atoms. The molecule has 0 saturated carbocycles. The summed E-state index contributed by atoms with van der Waals surface area (Å²) in [5.74, 6) is -6.55. The van der Waals surface area contributed by atoms with Crippen LogP contribution in [0, 0.1) is 17.8 Å². The predicted molar refractivity (Wildman–Crippen MR) is 261 cm³/mol. The average molecular weight is 982 g/mol. The number of benzene rings is 1. The van der Waals surface area contributed by atoms with Crippen molar-refractivity contribution in [3.8, 4) is 0 Å². The molecule has 11 N–H and O–H groups in total. The highest BCUT2D eigenvalue weighted by atomic mass is 16.6. The van der Waals surface area contributed by atoms with E-state index in [-0.39, 0.29) is 56.1 Å². The first-order chi connectivity index (χ1) is 33.2. The lowest BCUT2D eigenvalue weighted by molar-refractivity contribution is -0.300. The third-order valence-corrected chi connectivity index (χ3v) is 12.1. The van der Waals surface area contributed by atoms with E-state index >= 15 is 0 Å². The van der Waals surface area contributed by atoms with Crippen LogP contribution < -0.4 is 5.73 Å². The van der Waals surface area contributed by atoms with Crippen LogP contribution in [0.3, 0.4) is 0 Å². The van der Waals surface area contributed by atoms with Gasteiger partial charge in [-0.2, -0.15) is 0 Å². The van der Waals surface area contributed by atoms with Gasteiger partial charge in [0.15, 0.2) is 11.6 Å². The highest BCUT2D eigenvalue weighted by molar-refractivity contribution is 5.96. The Balaban J connectivity index is 1.76. The molecule has 2 aliphatic heterocycles. The van der Waals surface area contributed by atoms with Crippen molar-refractivity contribution < 1.29 is 79.3 Å². The van der Waals surface area contributed by atoms with Gasteiger partial charge in [0.1, 0.15) is 17.8 Å². The molecular formula is C53H75NO16. The maximum absolute atomic E-state index is 13.2. The minimum Gasteiger partial charge on any atom is -0.469 e. The number of rotatable bonds is 8. The molecule has 14 atom stereocenters. The first kappa shape index (κ1) is 59.4. The maximum atomic E-state index is 13.2. The fourth-order valence-electron chi connectivity index (χ4n) is 8.58. The topological polar surface area (TPSA) is 304 Å². The van der Waals surface area contributed by atoms with Gasteiger partial charge in [0.25, 0.3) is 0 Å². The number of fused-ring (bicyclic) bond motifs is 2. The van der Waals surface area contributed by atoms with E-state index in [0.717, 1.165) is 7.11 Å². The van der Waals surface area contributed by atoms with Gasteiger partial charge in [-0.15, -0.1) is 0 Å². The lowest BCUT2D eigenvalue weighted by atomic mass is 9.82. The molecular weight excluding hydrogens is 907 g/mol. The molecule has 2 bridgehead atoms. The number of hydrogen-bond acceptors (Lipinski definition) is 17. The van der Waals surface area contributed by atoms with Crippen LogP contribution in [0.5, 0.6) is 0 Å². The highest BCUT2D eigenvalue weighted by Crippen LogP contribution is 2.38. The summed E-state index contributed by atoms with van der Waals surface area (Å²) >= 11 is 0. The molecule has 0 aromatic heterocycles. The van der Waals surface area contributed by atoms with Crippen molar-refractivity contribution in [2.45, 2.75) is 158 Å². The van der Waals surface area contributed by atoms with Crippen LogP contribution in [0.15, 0.2) is 109 Å². The van der Waals surface area contributed by atoms with Crippen molar-refractivity contribution in [1.82, 2.24) is 0 Å². The zero-order chi connectivity index (χ0) is 51.8. The van der Waals surface area contributed by atoms with Crippen molar-refractivity contribution in [2.75, 3.05) is 12.8 Å². The lowest BCUT2D eigenvalue weighted by Gasteiger charge is -2.44. The molecule has 14 unspecified atom stereocenters. The lowest BCUT2D eigenvalue weighted by Crippen LogP contribution is -2.56. The van der Waals surface area contributed by atoms with Gasteiger partial charge in [0.05, 0.1) is 68.5 Å². The molecule has 1 aromatic carbocycles. The summed E-state index contributed by atoms with van der Waals surface area (Å²) in [6, 6.07) is 6.41. The largest absolute Gasteiger partial charge is 0.469 e. The number of Topliss-reactive ketones (excluding diaryl/α,β-unsaturated/α-hetero) is 2. The van der Waals surface area contributed by atoms with E-state index in [1.807, 2.05) is 19.9 Å². The van der Waals surface area contributed by atoms with Gasteiger partial charge in [-0.05, 0) is 62.3 Å². The van der Waals surface area contributed by atoms with Gasteiger partial charge >= 0.3 is 11.9 Å². The Labute approximate surface area is 410 Å². The number of nitrogen functional groups attached to an aromatic ring is 1. The zero-order valence-corrected chi connectivity index (χ0v) is 40.3. The Hall–Kier alpha value is -4.92. The number of ether oxygens (including phenoxy) is 3. The quantitative estimate of drug-likeness (QED) is 0.101. The number of carbonyl (C=O) groups is 4. The summed E-state index contributed by atoms with van der Waals surface area (Å²) in [6.07, 6.45) is 8.43. The number of anilines is 1. The molecule has 2 aliphatic rings. The number of carbonyl (C=O) groups excluding carboxylic acids is 4. The molecule has 17 nitrogen and oxygen atoms in total. The van der Waals surface area contributed by atoms with Crippen molar-refractivity contribution in [1.29, 1.82) is 0 Å². The molecule has 0 aliphatic carbocycles. The fourth-order valence-corrected chi connectivity index (χ4v) is 8.58. The third kappa shape index (κ3) is 22.4. The second kappa shape index (κ2) is 30.7. The number of esters is 2. The Morgan fingerprint density at radius 3 is 1.83 bits per heavy atom. The summed E-state index contributed by atoms with van der Waals surface area (Å²) in [6.45, 7) is 3.70. The number of hydrogen-bond donors (Lipinski definition) is 10. The van der Waals surface area contributed by atoms with Crippen molar-refractivity contribution in [3.05, 3.63) is 115 Å². The number of cyclic esters (lactones) is 1. The highest BCUT2D eigenvalue weighted by Gasteiger charge is 2.50. The summed E-state index contributed by atoms with van der Waals surface area (Å²) < 4.78 is 16.6. The number of allylic oxidation sites excluding steroid dienone is 12.